The lowest BCUT2D eigenvalue weighted by molar-refractivity contribution is 0.663. The van der Waals surface area contributed by atoms with Gasteiger partial charge in [0.05, 0.1) is 22.8 Å². The summed E-state index contributed by atoms with van der Waals surface area (Å²) in [5.41, 5.74) is 13.6. The van der Waals surface area contributed by atoms with E-state index in [0.29, 0.717) is 48.2 Å². The monoisotopic (exact) mass is 806 g/mol. The van der Waals surface area contributed by atoms with Crippen LogP contribution >= 0.6 is 48.2 Å². The van der Waals surface area contributed by atoms with Crippen molar-refractivity contribution in [2.45, 2.75) is 19.6 Å². The molecule has 7 aromatic rings. The molecule has 3 aromatic heterocycles. The zero-order valence-electron chi connectivity index (χ0n) is 29.2. The molecule has 0 amide bonds. The first-order chi connectivity index (χ1) is 27.5. The third-order valence-electron chi connectivity index (χ3n) is 9.75. The minimum atomic E-state index is 0.703. The van der Waals surface area contributed by atoms with E-state index in [9.17, 15) is 18.2 Å². The molecule has 0 fully saturated rings. The summed E-state index contributed by atoms with van der Waals surface area (Å²) in [6, 6.07) is 39.2. The summed E-state index contributed by atoms with van der Waals surface area (Å²) in [5, 5.41) is 0. The van der Waals surface area contributed by atoms with Gasteiger partial charge in [0, 0.05) is 112 Å². The van der Waals surface area contributed by atoms with Crippen molar-refractivity contribution in [2.75, 3.05) is 0 Å². The van der Waals surface area contributed by atoms with Gasteiger partial charge in [-0.1, -0.05) is 48.5 Å². The summed E-state index contributed by atoms with van der Waals surface area (Å²) in [7, 11) is 0. The van der Waals surface area contributed by atoms with E-state index in [1.165, 1.54) is 0 Å². The molecule has 0 atom stereocenters. The summed E-state index contributed by atoms with van der Waals surface area (Å²) >= 11 is 2.81. The van der Waals surface area contributed by atoms with Gasteiger partial charge in [-0.05, 0) is 119 Å². The molecule has 0 unspecified atom stereocenters. The normalized spacial score (nSPS) is 12.1. The lowest BCUT2D eigenvalue weighted by atomic mass is 10.0. The van der Waals surface area contributed by atoms with Crippen molar-refractivity contribution >= 4 is 94.5 Å². The van der Waals surface area contributed by atoms with Gasteiger partial charge in [0.15, 0.2) is 0 Å². The molecular formula is C44H30N4O4S4. The van der Waals surface area contributed by atoms with Crippen molar-refractivity contribution in [3.63, 3.8) is 0 Å². The van der Waals surface area contributed by atoms with Gasteiger partial charge >= 0.3 is 0 Å². The molecule has 6 N–H and O–H groups in total. The molecule has 9 rings (SSSR count). The van der Waals surface area contributed by atoms with Gasteiger partial charge in [0.25, 0.3) is 0 Å². The fourth-order valence-corrected chi connectivity index (χ4v) is 8.18. The van der Waals surface area contributed by atoms with E-state index >= 15 is 0 Å². The minimum Gasteiger partial charge on any atom is -0.354 e. The van der Waals surface area contributed by atoms with Gasteiger partial charge in [0.1, 0.15) is 0 Å². The highest BCUT2D eigenvalue weighted by Crippen LogP contribution is 2.39. The van der Waals surface area contributed by atoms with Crippen LogP contribution in [-0.4, -0.2) is 38.1 Å². The van der Waals surface area contributed by atoms with Crippen molar-refractivity contribution in [2.24, 2.45) is 0 Å². The Morgan fingerprint density at radius 3 is 0.714 bits per heavy atom. The third-order valence-corrected chi connectivity index (χ3v) is 11.7. The van der Waals surface area contributed by atoms with E-state index in [2.05, 4.69) is 34.2 Å². The zero-order chi connectivity index (χ0) is 38.2. The van der Waals surface area contributed by atoms with Crippen LogP contribution in [0, 0.1) is 0 Å². The molecule has 0 radical (unpaired) electrons. The van der Waals surface area contributed by atoms with Crippen LogP contribution in [0.5, 0.6) is 0 Å². The molecule has 0 aliphatic carbocycles. The van der Waals surface area contributed by atoms with Crippen molar-refractivity contribution in [3.8, 4) is 44.5 Å². The highest BCUT2D eigenvalue weighted by Gasteiger charge is 2.19. The average Bonchev–Trinajstić information content (AvgIpc) is 4.10. The second-order valence-corrected chi connectivity index (χ2v) is 15.6. The van der Waals surface area contributed by atoms with E-state index in [4.69, 9.17) is 9.97 Å². The Balaban J connectivity index is 1.44. The summed E-state index contributed by atoms with van der Waals surface area (Å²) in [6.07, 6.45) is 8.11. The van der Waals surface area contributed by atoms with Gasteiger partial charge in [-0.2, -0.15) is 0 Å². The van der Waals surface area contributed by atoms with E-state index in [-0.39, 0.29) is 0 Å². The number of hydrogen-bond acceptors (Lipinski definition) is 10. The first kappa shape index (κ1) is 36.4. The number of rotatable bonds is 8. The lowest BCUT2D eigenvalue weighted by Gasteiger charge is -2.08. The maximum atomic E-state index is 9.75. The third kappa shape index (κ3) is 6.91. The van der Waals surface area contributed by atoms with Gasteiger partial charge in [-0.15, -0.1) is 0 Å². The molecule has 2 aliphatic rings. The number of nitrogens with one attached hydrogen (secondary N) is 2. The van der Waals surface area contributed by atoms with E-state index in [0.717, 1.165) is 109 Å². The Hall–Kier alpha value is -5.28. The summed E-state index contributed by atoms with van der Waals surface area (Å²) in [4.78, 5) is 21.0. The number of benzene rings is 4. The fourth-order valence-electron chi connectivity index (χ4n) is 7.15. The lowest BCUT2D eigenvalue weighted by Crippen LogP contribution is -1.90. The van der Waals surface area contributed by atoms with Crippen molar-refractivity contribution < 1.29 is 18.2 Å². The topological polar surface area (TPSA) is 138 Å². The van der Waals surface area contributed by atoms with Crippen LogP contribution < -0.4 is 0 Å². The predicted molar refractivity (Wildman–Crippen MR) is 235 cm³/mol. The Labute approximate surface area is 339 Å². The van der Waals surface area contributed by atoms with Crippen LogP contribution in [0.2, 0.25) is 0 Å². The quantitative estimate of drug-likeness (QED) is 0.0823. The smallest absolute Gasteiger partial charge is 0.0737 e. The highest BCUT2D eigenvalue weighted by atomic mass is 32.2. The number of aromatic amines is 2. The minimum absolute atomic E-state index is 0.703. The maximum absolute atomic E-state index is 9.75. The SMILES string of the molecule is OSc1ccc(-c2c3nc(c(-c4ccc(SO)cc4)c4ccc([nH]4)c(-c4ccc(SO)cc4)c4nc(c(-c5ccc(SO)cc5)c5ccc2[nH]5)C=C4)C=C3)cc1. The Kier molecular flexibility index (Phi) is 10.2. The number of fused-ring (bicyclic) bond motifs is 8. The molecule has 8 nitrogen and oxygen atoms in total. The van der Waals surface area contributed by atoms with Crippen LogP contribution in [0.25, 0.3) is 90.9 Å². The van der Waals surface area contributed by atoms with Crippen molar-refractivity contribution in [1.82, 2.24) is 19.9 Å². The standard InChI is InChI=1S/C44H30N4O4S4/c49-53-29-9-1-25(2-10-29)41-33-17-19-35(45-33)42(26-3-11-30(54-50)12-4-26)37-21-23-39(47-37)44(28-7-15-32(56-52)16-8-28)40-24-22-38(48-40)43(36-20-18-34(41)46-36)27-5-13-31(55-51)14-6-27/h1-24,45,48-52H. The number of hydrogen-bond donors (Lipinski definition) is 6. The van der Waals surface area contributed by atoms with Gasteiger partial charge < -0.3 is 28.2 Å². The largest absolute Gasteiger partial charge is 0.354 e. The van der Waals surface area contributed by atoms with E-state index in [1.807, 2.05) is 121 Å². The van der Waals surface area contributed by atoms with Crippen molar-refractivity contribution in [3.05, 3.63) is 144 Å². The zero-order valence-corrected chi connectivity index (χ0v) is 32.4. The van der Waals surface area contributed by atoms with Crippen LogP contribution in [0.4, 0.5) is 0 Å². The molecular weight excluding hydrogens is 777 g/mol. The van der Waals surface area contributed by atoms with Gasteiger partial charge in [-0.25, -0.2) is 9.97 Å². The molecule has 0 saturated carbocycles. The van der Waals surface area contributed by atoms with Gasteiger partial charge in [0.2, 0.25) is 0 Å². The Morgan fingerprint density at radius 1 is 0.304 bits per heavy atom. The molecule has 0 spiro atoms. The van der Waals surface area contributed by atoms with Crippen LogP contribution in [-0.2, 0) is 0 Å². The average molecular weight is 807 g/mol. The number of nitrogens with zero attached hydrogens (tertiary/aromatic N) is 2. The molecule has 56 heavy (non-hydrogen) atoms. The number of aromatic nitrogens is 4. The molecule has 12 heteroatoms. The van der Waals surface area contributed by atoms with Crippen molar-refractivity contribution in [1.29, 1.82) is 0 Å². The first-order valence-electron chi connectivity index (χ1n) is 17.4. The maximum Gasteiger partial charge on any atom is 0.0737 e. The van der Waals surface area contributed by atoms with Gasteiger partial charge in [-0.3, -0.25) is 0 Å². The van der Waals surface area contributed by atoms with Crippen LogP contribution in [0.1, 0.15) is 22.8 Å². The Morgan fingerprint density at radius 2 is 0.518 bits per heavy atom. The fraction of sp³-hybridized carbons (Fsp3) is 0. The molecule has 8 bridgehead atoms. The van der Waals surface area contributed by atoms with E-state index < -0.39 is 0 Å². The summed E-state index contributed by atoms with van der Waals surface area (Å²) in [6.45, 7) is 0. The number of H-pyrrole nitrogens is 2. The van der Waals surface area contributed by atoms with Crippen LogP contribution in [0.3, 0.4) is 0 Å². The highest BCUT2D eigenvalue weighted by molar-refractivity contribution is 7.94. The predicted octanol–water partition coefficient (Wildman–Crippen LogP) is 13.6. The molecule has 274 valence electrons. The van der Waals surface area contributed by atoms with E-state index in [1.54, 1.807) is 0 Å². The molecule has 2 aliphatic heterocycles. The summed E-state index contributed by atoms with van der Waals surface area (Å²) < 4.78 is 39.0. The second-order valence-electron chi connectivity index (χ2n) is 13.0. The second kappa shape index (κ2) is 15.7. The Bertz CT molecular complexity index is 2450. The molecule has 4 aromatic carbocycles. The first-order valence-corrected chi connectivity index (χ1v) is 20.5. The molecule has 5 heterocycles. The summed E-state index contributed by atoms with van der Waals surface area (Å²) in [5.74, 6) is 0. The van der Waals surface area contributed by atoms with Crippen LogP contribution in [0.15, 0.2) is 141 Å². The molecule has 0 saturated heterocycles.